The van der Waals surface area contributed by atoms with E-state index in [1.54, 1.807) is 6.20 Å². The molecule has 0 aromatic carbocycles. The molecule has 1 aliphatic heterocycles. The van der Waals surface area contributed by atoms with Crippen LogP contribution in [0.2, 0.25) is 0 Å². The van der Waals surface area contributed by atoms with Crippen LogP contribution in [-0.4, -0.2) is 45.8 Å². The number of ether oxygens (including phenoxy) is 1. The number of alkyl halides is 3. The van der Waals surface area contributed by atoms with Crippen molar-refractivity contribution in [1.29, 1.82) is 0 Å². The third-order valence-corrected chi connectivity index (χ3v) is 7.74. The fourth-order valence-corrected chi connectivity index (χ4v) is 6.09. The van der Waals surface area contributed by atoms with E-state index in [1.165, 1.54) is 0 Å². The van der Waals surface area contributed by atoms with E-state index in [9.17, 15) is 13.2 Å². The van der Waals surface area contributed by atoms with Gasteiger partial charge in [-0.1, -0.05) is 0 Å². The molecule has 2 atom stereocenters. The van der Waals surface area contributed by atoms with E-state index in [0.717, 1.165) is 28.0 Å². The molecule has 6 nitrogen and oxygen atoms in total. The van der Waals surface area contributed by atoms with Crippen LogP contribution < -0.4 is 4.90 Å². The monoisotopic (exact) mass is 469 g/mol. The molecule has 34 heavy (non-hydrogen) atoms. The van der Waals surface area contributed by atoms with Crippen molar-refractivity contribution in [1.82, 2.24) is 19.9 Å². The number of halogens is 3. The summed E-state index contributed by atoms with van der Waals surface area (Å²) >= 11 is 0. The molecule has 4 heterocycles. The molecule has 9 heteroatoms. The van der Waals surface area contributed by atoms with Gasteiger partial charge in [-0.15, -0.1) is 0 Å². The summed E-state index contributed by atoms with van der Waals surface area (Å²) in [6, 6.07) is 7.76. The number of morpholine rings is 1. The molecule has 3 aromatic rings. The summed E-state index contributed by atoms with van der Waals surface area (Å²) in [5.74, 6) is -1.04. The SMILES string of the molecule is Cc1cc([C@H]2CN(c3nc(C45CC(C4)[C@@H](C(F)(F)F)C5)c4ccc(C)nc4n3)CCO2)ccn1. The lowest BCUT2D eigenvalue weighted by atomic mass is 9.66. The van der Waals surface area contributed by atoms with Gasteiger partial charge in [-0.2, -0.15) is 18.2 Å². The summed E-state index contributed by atoms with van der Waals surface area (Å²) in [6.45, 7) is 5.51. The van der Waals surface area contributed by atoms with Gasteiger partial charge in [0.2, 0.25) is 5.95 Å². The Labute approximate surface area is 195 Å². The molecule has 1 saturated heterocycles. The number of fused-ring (bicyclic) bond motifs is 2. The molecular weight excluding hydrogens is 443 g/mol. The van der Waals surface area contributed by atoms with Crippen molar-refractivity contribution in [2.24, 2.45) is 11.8 Å². The highest BCUT2D eigenvalue weighted by atomic mass is 19.4. The third-order valence-electron chi connectivity index (χ3n) is 7.74. The minimum Gasteiger partial charge on any atom is -0.370 e. The lowest BCUT2D eigenvalue weighted by Crippen LogP contribution is -2.40. The van der Waals surface area contributed by atoms with Gasteiger partial charge in [0, 0.05) is 34.9 Å². The Bertz CT molecular complexity index is 1260. The molecule has 0 amide bonds. The Morgan fingerprint density at radius 2 is 1.85 bits per heavy atom. The number of rotatable bonds is 3. The average molecular weight is 470 g/mol. The van der Waals surface area contributed by atoms with Crippen LogP contribution in [0, 0.1) is 25.7 Å². The molecule has 4 fully saturated rings. The molecule has 4 aliphatic rings. The largest absolute Gasteiger partial charge is 0.392 e. The topological polar surface area (TPSA) is 64.0 Å². The summed E-state index contributed by atoms with van der Waals surface area (Å²) in [5, 5.41) is 0.769. The number of hydrogen-bond acceptors (Lipinski definition) is 6. The normalized spacial score (nSPS) is 28.9. The van der Waals surface area contributed by atoms with Gasteiger partial charge in [0.15, 0.2) is 5.65 Å². The van der Waals surface area contributed by atoms with Gasteiger partial charge in [0.25, 0.3) is 0 Å². The quantitative estimate of drug-likeness (QED) is 0.547. The summed E-state index contributed by atoms with van der Waals surface area (Å²) in [4.78, 5) is 20.7. The maximum absolute atomic E-state index is 13.6. The first-order valence-electron chi connectivity index (χ1n) is 11.7. The number of hydrogen-bond donors (Lipinski definition) is 0. The van der Waals surface area contributed by atoms with Crippen LogP contribution >= 0.6 is 0 Å². The number of anilines is 1. The van der Waals surface area contributed by atoms with Crippen molar-refractivity contribution in [3.8, 4) is 0 Å². The molecular formula is C25H26F3N5O. The Kier molecular flexibility index (Phi) is 4.85. The Morgan fingerprint density at radius 3 is 2.59 bits per heavy atom. The van der Waals surface area contributed by atoms with Crippen molar-refractivity contribution in [2.45, 2.75) is 50.8 Å². The van der Waals surface area contributed by atoms with Gasteiger partial charge < -0.3 is 9.64 Å². The second kappa shape index (κ2) is 7.60. The fraction of sp³-hybridized carbons (Fsp3) is 0.520. The Hall–Kier alpha value is -2.81. The third kappa shape index (κ3) is 3.52. The van der Waals surface area contributed by atoms with Crippen LogP contribution in [0.1, 0.15) is 48.0 Å². The van der Waals surface area contributed by atoms with Crippen molar-refractivity contribution in [3.63, 3.8) is 0 Å². The summed E-state index contributed by atoms with van der Waals surface area (Å²) in [5.41, 5.74) is 3.50. The zero-order valence-corrected chi connectivity index (χ0v) is 19.1. The van der Waals surface area contributed by atoms with E-state index in [-0.39, 0.29) is 18.4 Å². The number of nitrogens with zero attached hydrogens (tertiary/aromatic N) is 5. The minimum absolute atomic E-state index is 0.0998. The second-order valence-electron chi connectivity index (χ2n) is 10.0. The molecule has 0 N–H and O–H groups in total. The first kappa shape index (κ1) is 21.7. The maximum Gasteiger partial charge on any atom is 0.392 e. The molecule has 178 valence electrons. The number of pyridine rings is 2. The van der Waals surface area contributed by atoms with Gasteiger partial charge in [-0.25, -0.2) is 9.97 Å². The van der Waals surface area contributed by atoms with Crippen molar-refractivity contribution < 1.29 is 17.9 Å². The molecule has 3 aromatic heterocycles. The van der Waals surface area contributed by atoms with Crippen molar-refractivity contribution >= 4 is 17.0 Å². The Morgan fingerprint density at radius 1 is 1.03 bits per heavy atom. The highest BCUT2D eigenvalue weighted by Gasteiger charge is 2.65. The average Bonchev–Trinajstić information content (AvgIpc) is 3.36. The Balaban J connectivity index is 1.39. The molecule has 3 aliphatic carbocycles. The molecule has 0 unspecified atom stereocenters. The first-order chi connectivity index (χ1) is 16.2. The van der Waals surface area contributed by atoms with Gasteiger partial charge in [-0.3, -0.25) is 4.98 Å². The smallest absolute Gasteiger partial charge is 0.370 e. The van der Waals surface area contributed by atoms with Gasteiger partial charge in [-0.05, 0) is 68.9 Å². The lowest BCUT2D eigenvalue weighted by Gasteiger charge is -2.39. The predicted molar refractivity (Wildman–Crippen MR) is 121 cm³/mol. The van der Waals surface area contributed by atoms with Crippen molar-refractivity contribution in [3.05, 3.63) is 53.1 Å². The number of aryl methyl sites for hydroxylation is 2. The molecule has 0 radical (unpaired) electrons. The molecule has 3 saturated carbocycles. The maximum atomic E-state index is 13.6. The van der Waals surface area contributed by atoms with Crippen LogP contribution in [0.25, 0.3) is 11.0 Å². The van der Waals surface area contributed by atoms with Crippen LogP contribution in [-0.2, 0) is 10.2 Å². The van der Waals surface area contributed by atoms with E-state index in [2.05, 4.69) is 14.9 Å². The van der Waals surface area contributed by atoms with E-state index in [0.29, 0.717) is 44.1 Å². The van der Waals surface area contributed by atoms with Crippen molar-refractivity contribution in [2.75, 3.05) is 24.6 Å². The van der Waals surface area contributed by atoms with E-state index in [4.69, 9.17) is 14.7 Å². The highest BCUT2D eigenvalue weighted by molar-refractivity contribution is 5.80. The standard InChI is InChI=1S/C25H26F3N5O/c1-14-3-4-18-21(24-10-17(11-24)19(12-24)25(26,27)28)31-23(32-22(18)30-14)33-7-8-34-20(13-33)16-5-6-29-15(2)9-16/h3-6,9,17,19-20H,7-8,10-13H2,1-2H3/t17?,19-,20+,24?/m0/s1. The van der Waals surface area contributed by atoms with Crippen LogP contribution in [0.4, 0.5) is 19.1 Å². The predicted octanol–water partition coefficient (Wildman–Crippen LogP) is 4.84. The zero-order chi connectivity index (χ0) is 23.7. The molecule has 2 bridgehead atoms. The van der Waals surface area contributed by atoms with Gasteiger partial charge in [0.05, 0.1) is 24.8 Å². The minimum atomic E-state index is -4.16. The van der Waals surface area contributed by atoms with Gasteiger partial charge in [0.1, 0.15) is 6.10 Å². The van der Waals surface area contributed by atoms with E-state index >= 15 is 0 Å². The zero-order valence-electron chi connectivity index (χ0n) is 19.1. The lowest BCUT2D eigenvalue weighted by molar-refractivity contribution is -0.180. The fourth-order valence-electron chi connectivity index (χ4n) is 6.09. The molecule has 0 spiro atoms. The molecule has 7 rings (SSSR count). The summed E-state index contributed by atoms with van der Waals surface area (Å²) in [7, 11) is 0. The van der Waals surface area contributed by atoms with E-state index in [1.807, 2.05) is 38.1 Å². The van der Waals surface area contributed by atoms with Crippen LogP contribution in [0.5, 0.6) is 0 Å². The van der Waals surface area contributed by atoms with Crippen LogP contribution in [0.3, 0.4) is 0 Å². The summed E-state index contributed by atoms with van der Waals surface area (Å²) < 4.78 is 46.9. The summed E-state index contributed by atoms with van der Waals surface area (Å²) in [6.07, 6.45) is -1.40. The van der Waals surface area contributed by atoms with Crippen LogP contribution in [0.15, 0.2) is 30.5 Å². The second-order valence-corrected chi connectivity index (χ2v) is 10.0. The van der Waals surface area contributed by atoms with Gasteiger partial charge >= 0.3 is 6.18 Å². The van der Waals surface area contributed by atoms with E-state index < -0.39 is 17.5 Å². The first-order valence-corrected chi connectivity index (χ1v) is 11.7. The highest BCUT2D eigenvalue weighted by Crippen LogP contribution is 2.66. The number of aromatic nitrogens is 4.